The molecule has 1 saturated carbocycles. The van der Waals surface area contributed by atoms with Gasteiger partial charge < -0.3 is 10.1 Å². The Morgan fingerprint density at radius 3 is 2.71 bits per heavy atom. The van der Waals surface area contributed by atoms with Crippen LogP contribution in [0.15, 0.2) is 10.7 Å². The first kappa shape index (κ1) is 17.0. The highest BCUT2D eigenvalue weighted by Crippen LogP contribution is 2.43. The zero-order valence-corrected chi connectivity index (χ0v) is 15.2. The van der Waals surface area contributed by atoms with E-state index in [1.54, 1.807) is 7.11 Å². The molecule has 0 amide bonds. The Morgan fingerprint density at radius 1 is 1.48 bits per heavy atom. The number of hydrogen-bond acceptors (Lipinski definition) is 3. The number of ether oxygens (including phenoxy) is 1. The van der Waals surface area contributed by atoms with E-state index in [1.165, 1.54) is 31.4 Å². The van der Waals surface area contributed by atoms with Gasteiger partial charge in [-0.1, -0.05) is 13.8 Å². The third kappa shape index (κ3) is 4.08. The summed E-state index contributed by atoms with van der Waals surface area (Å²) in [7, 11) is 3.79. The van der Waals surface area contributed by atoms with E-state index in [2.05, 4.69) is 51.9 Å². The van der Waals surface area contributed by atoms with Crippen molar-refractivity contribution < 1.29 is 4.74 Å². The lowest BCUT2D eigenvalue weighted by Gasteiger charge is -2.38. The molecule has 1 atom stereocenters. The fourth-order valence-corrected chi connectivity index (χ4v) is 3.93. The van der Waals surface area contributed by atoms with Crippen molar-refractivity contribution in [3.05, 3.63) is 16.4 Å². The average Bonchev–Trinajstić information content (AvgIpc) is 2.81. The van der Waals surface area contributed by atoms with Crippen LogP contribution in [-0.2, 0) is 11.3 Å². The standard InChI is InChI=1S/C16H28BrN3O/c1-16(2)7-5-12(6-8-16)14(18-3)15-13(17)11-19-20(15)9-10-21-4/h11-12,14,18H,5-10H2,1-4H3. The zero-order valence-electron chi connectivity index (χ0n) is 13.7. The highest BCUT2D eigenvalue weighted by molar-refractivity contribution is 9.10. The maximum absolute atomic E-state index is 5.20. The van der Waals surface area contributed by atoms with Crippen LogP contribution >= 0.6 is 15.9 Å². The van der Waals surface area contributed by atoms with Crippen molar-refractivity contribution in [2.24, 2.45) is 11.3 Å². The highest BCUT2D eigenvalue weighted by Gasteiger charge is 2.33. The van der Waals surface area contributed by atoms with Crippen LogP contribution in [0.4, 0.5) is 0 Å². The van der Waals surface area contributed by atoms with Gasteiger partial charge in [0.2, 0.25) is 0 Å². The first-order valence-electron chi connectivity index (χ1n) is 7.86. The zero-order chi connectivity index (χ0) is 15.5. The number of rotatable bonds is 6. The number of aromatic nitrogens is 2. The second-order valence-electron chi connectivity index (χ2n) is 6.86. The molecule has 1 aromatic rings. The SMILES string of the molecule is CNC(c1c(Br)cnn1CCOC)C1CCC(C)(C)CC1. The van der Waals surface area contributed by atoms with Gasteiger partial charge in [-0.05, 0) is 60.0 Å². The minimum atomic E-state index is 0.356. The number of halogens is 1. The minimum absolute atomic E-state index is 0.356. The van der Waals surface area contributed by atoms with E-state index < -0.39 is 0 Å². The lowest BCUT2D eigenvalue weighted by molar-refractivity contribution is 0.156. The maximum atomic E-state index is 5.20. The Morgan fingerprint density at radius 2 is 2.14 bits per heavy atom. The second kappa shape index (κ2) is 7.25. The fraction of sp³-hybridized carbons (Fsp3) is 0.812. The fourth-order valence-electron chi connectivity index (χ4n) is 3.39. The molecule has 0 aliphatic heterocycles. The summed E-state index contributed by atoms with van der Waals surface area (Å²) in [5, 5.41) is 8.02. The molecule has 1 N–H and O–H groups in total. The number of methoxy groups -OCH3 is 1. The molecule has 5 heteroatoms. The Bertz CT molecular complexity index is 448. The number of nitrogens with one attached hydrogen (secondary N) is 1. The Hall–Kier alpha value is -0.390. The molecule has 2 rings (SSSR count). The molecule has 0 bridgehead atoms. The van der Waals surface area contributed by atoms with Crippen LogP contribution in [0.1, 0.15) is 51.3 Å². The van der Waals surface area contributed by atoms with Crippen LogP contribution in [-0.4, -0.2) is 30.5 Å². The third-order valence-corrected chi connectivity index (χ3v) is 5.41. The summed E-state index contributed by atoms with van der Waals surface area (Å²) in [5.41, 5.74) is 1.77. The number of nitrogens with zero attached hydrogens (tertiary/aromatic N) is 2. The monoisotopic (exact) mass is 357 g/mol. The van der Waals surface area contributed by atoms with Gasteiger partial charge in [-0.25, -0.2) is 0 Å². The summed E-state index contributed by atoms with van der Waals surface area (Å²) in [6.45, 7) is 6.26. The summed E-state index contributed by atoms with van der Waals surface area (Å²) < 4.78 is 8.38. The predicted octanol–water partition coefficient (Wildman–Crippen LogP) is 3.77. The molecular weight excluding hydrogens is 330 g/mol. The summed E-state index contributed by atoms with van der Waals surface area (Å²) in [6.07, 6.45) is 7.07. The van der Waals surface area contributed by atoms with E-state index >= 15 is 0 Å². The number of hydrogen-bond donors (Lipinski definition) is 1. The van der Waals surface area contributed by atoms with Crippen molar-refractivity contribution in [3.63, 3.8) is 0 Å². The van der Waals surface area contributed by atoms with Crippen LogP contribution in [0.5, 0.6) is 0 Å². The van der Waals surface area contributed by atoms with Gasteiger partial charge in [-0.15, -0.1) is 0 Å². The molecule has 0 saturated heterocycles. The molecule has 1 fully saturated rings. The molecule has 0 spiro atoms. The molecule has 0 aromatic carbocycles. The van der Waals surface area contributed by atoms with E-state index in [0.717, 1.165) is 11.0 Å². The van der Waals surface area contributed by atoms with Crippen molar-refractivity contribution in [2.45, 2.75) is 52.1 Å². The average molecular weight is 358 g/mol. The molecule has 1 heterocycles. The van der Waals surface area contributed by atoms with Gasteiger partial charge in [-0.3, -0.25) is 4.68 Å². The highest BCUT2D eigenvalue weighted by atomic mass is 79.9. The van der Waals surface area contributed by atoms with Crippen LogP contribution < -0.4 is 5.32 Å². The lowest BCUT2D eigenvalue weighted by Crippen LogP contribution is -2.33. The molecule has 0 radical (unpaired) electrons. The van der Waals surface area contributed by atoms with Gasteiger partial charge in [0.05, 0.1) is 35.6 Å². The first-order chi connectivity index (χ1) is 9.98. The lowest BCUT2D eigenvalue weighted by atomic mass is 9.70. The summed E-state index contributed by atoms with van der Waals surface area (Å²) in [6, 6.07) is 0.356. The van der Waals surface area contributed by atoms with Crippen molar-refractivity contribution in [1.82, 2.24) is 15.1 Å². The van der Waals surface area contributed by atoms with Gasteiger partial charge in [-0.2, -0.15) is 5.10 Å². The maximum Gasteiger partial charge on any atom is 0.0699 e. The molecule has 4 nitrogen and oxygen atoms in total. The second-order valence-corrected chi connectivity index (χ2v) is 7.72. The van der Waals surface area contributed by atoms with Crippen molar-refractivity contribution in [1.29, 1.82) is 0 Å². The molecule has 1 aliphatic carbocycles. The topological polar surface area (TPSA) is 39.1 Å². The van der Waals surface area contributed by atoms with Gasteiger partial charge >= 0.3 is 0 Å². The van der Waals surface area contributed by atoms with Crippen LogP contribution in [0, 0.1) is 11.3 Å². The van der Waals surface area contributed by atoms with Gasteiger partial charge in [0.1, 0.15) is 0 Å². The summed E-state index contributed by atoms with van der Waals surface area (Å²) >= 11 is 3.68. The minimum Gasteiger partial charge on any atom is -0.383 e. The van der Waals surface area contributed by atoms with Crippen LogP contribution in [0.3, 0.4) is 0 Å². The van der Waals surface area contributed by atoms with Crippen molar-refractivity contribution in [3.8, 4) is 0 Å². The molecule has 120 valence electrons. The first-order valence-corrected chi connectivity index (χ1v) is 8.65. The van der Waals surface area contributed by atoms with E-state index in [0.29, 0.717) is 24.0 Å². The van der Waals surface area contributed by atoms with Gasteiger partial charge in [0.25, 0.3) is 0 Å². The Labute approximate surface area is 136 Å². The van der Waals surface area contributed by atoms with Gasteiger partial charge in [0.15, 0.2) is 0 Å². The van der Waals surface area contributed by atoms with E-state index in [4.69, 9.17) is 4.74 Å². The van der Waals surface area contributed by atoms with Gasteiger partial charge in [0, 0.05) is 7.11 Å². The molecule has 21 heavy (non-hydrogen) atoms. The van der Waals surface area contributed by atoms with E-state index in [9.17, 15) is 0 Å². The molecule has 1 aromatic heterocycles. The van der Waals surface area contributed by atoms with E-state index in [1.807, 2.05) is 6.20 Å². The van der Waals surface area contributed by atoms with Crippen LogP contribution in [0.25, 0.3) is 0 Å². The molecule has 1 aliphatic rings. The van der Waals surface area contributed by atoms with Crippen LogP contribution in [0.2, 0.25) is 0 Å². The van der Waals surface area contributed by atoms with Crippen molar-refractivity contribution in [2.75, 3.05) is 20.8 Å². The molecule has 1 unspecified atom stereocenters. The van der Waals surface area contributed by atoms with E-state index in [-0.39, 0.29) is 0 Å². The Balaban J connectivity index is 2.16. The third-order valence-electron chi connectivity index (χ3n) is 4.80. The van der Waals surface area contributed by atoms with Crippen molar-refractivity contribution >= 4 is 15.9 Å². The summed E-state index contributed by atoms with van der Waals surface area (Å²) in [4.78, 5) is 0. The molecular formula is C16H28BrN3O. The normalized spacial score (nSPS) is 20.6. The smallest absolute Gasteiger partial charge is 0.0699 e. The largest absolute Gasteiger partial charge is 0.383 e. The Kier molecular flexibility index (Phi) is 5.86. The summed E-state index contributed by atoms with van der Waals surface area (Å²) in [5.74, 6) is 0.678. The predicted molar refractivity (Wildman–Crippen MR) is 89.3 cm³/mol. The quantitative estimate of drug-likeness (QED) is 0.841.